The molecule has 17 heavy (non-hydrogen) atoms. The van der Waals surface area contributed by atoms with E-state index in [9.17, 15) is 0 Å². The molecule has 0 aromatic carbocycles. The van der Waals surface area contributed by atoms with Gasteiger partial charge in [0.25, 0.3) is 0 Å². The maximum absolute atomic E-state index is 4.98. The van der Waals surface area contributed by atoms with Crippen LogP contribution in [0.1, 0.15) is 90.9 Å². The van der Waals surface area contributed by atoms with Crippen LogP contribution in [-0.2, 0) is 0 Å². The zero-order valence-corrected chi connectivity index (χ0v) is 13.0. The quantitative estimate of drug-likeness (QED) is 0.329. The molecule has 0 aromatic rings. The molecule has 0 nitrogen and oxygen atoms in total. The van der Waals surface area contributed by atoms with Crippen molar-refractivity contribution in [2.45, 2.75) is 90.9 Å². The van der Waals surface area contributed by atoms with Crippen molar-refractivity contribution in [3.05, 3.63) is 0 Å². The fraction of sp³-hybridized carbons (Fsp3) is 1.00. The molecule has 1 heteroatoms. The van der Waals surface area contributed by atoms with Crippen molar-refractivity contribution < 1.29 is 0 Å². The first-order valence-electron chi connectivity index (χ1n) is 7.93. The van der Waals surface area contributed by atoms with Crippen molar-refractivity contribution >= 4 is 12.6 Å². The van der Waals surface area contributed by atoms with Gasteiger partial charge in [0, 0.05) is 5.75 Å². The van der Waals surface area contributed by atoms with E-state index in [1.807, 2.05) is 0 Å². The second-order valence-corrected chi connectivity index (χ2v) is 5.79. The van der Waals surface area contributed by atoms with Gasteiger partial charge >= 0.3 is 0 Å². The largest absolute Gasteiger partial charge is 0.0942 e. The van der Waals surface area contributed by atoms with E-state index in [1.165, 1.54) is 77.0 Å². The van der Waals surface area contributed by atoms with Gasteiger partial charge in [-0.25, -0.2) is 0 Å². The molecule has 0 amide bonds. The Morgan fingerprint density at radius 3 is 1.76 bits per heavy atom. The number of unbranched alkanes of at least 4 members (excludes halogenated alkanes) is 7. The Kier molecular flexibility index (Phi) is 14.7. The van der Waals surface area contributed by atoms with Crippen LogP contribution in [-0.4, -0.2) is 5.75 Å². The molecule has 0 aliphatic rings. The van der Waals surface area contributed by atoms with E-state index >= 15 is 0 Å². The molecule has 0 aliphatic heterocycles. The molecule has 0 spiro atoms. The van der Waals surface area contributed by atoms with Gasteiger partial charge in [-0.05, 0) is 12.3 Å². The molecule has 1 atom stereocenters. The van der Waals surface area contributed by atoms with E-state index in [4.69, 9.17) is 12.6 Å². The van der Waals surface area contributed by atoms with Crippen molar-refractivity contribution in [1.29, 1.82) is 0 Å². The average Bonchev–Trinajstić information content (AvgIpc) is 2.36. The topological polar surface area (TPSA) is 0 Å². The molecule has 0 saturated heterocycles. The zero-order chi connectivity index (χ0) is 12.8. The lowest BCUT2D eigenvalue weighted by molar-refractivity contribution is 0.396. The predicted octanol–water partition coefficient (Wildman–Crippen LogP) is 6.52. The predicted molar refractivity (Wildman–Crippen MR) is 82.7 cm³/mol. The van der Waals surface area contributed by atoms with Crippen LogP contribution in [0.3, 0.4) is 0 Å². The van der Waals surface area contributed by atoms with Gasteiger partial charge in [-0.3, -0.25) is 0 Å². The monoisotopic (exact) mass is 257 g/mol. The standard InChI is InChI=1S/C16H33S/c1-3-5-6-7-8-10-13-16(4-2)14-11-9-12-15-17/h16H,3-15H2,1-2H3. The molecule has 0 rings (SSSR count). The Bertz CT molecular complexity index is 133. The highest BCUT2D eigenvalue weighted by Gasteiger charge is 2.05. The molecule has 0 saturated carbocycles. The summed E-state index contributed by atoms with van der Waals surface area (Å²) in [6.45, 7) is 4.64. The summed E-state index contributed by atoms with van der Waals surface area (Å²) in [7, 11) is 0. The van der Waals surface area contributed by atoms with E-state index in [0.29, 0.717) is 0 Å². The molecular formula is C16H33S. The molecule has 1 radical (unpaired) electrons. The van der Waals surface area contributed by atoms with Crippen LogP contribution in [0.4, 0.5) is 0 Å². The molecule has 0 heterocycles. The maximum Gasteiger partial charge on any atom is 0.00369 e. The van der Waals surface area contributed by atoms with Crippen molar-refractivity contribution in [1.82, 2.24) is 0 Å². The Morgan fingerprint density at radius 1 is 0.706 bits per heavy atom. The van der Waals surface area contributed by atoms with E-state index in [-0.39, 0.29) is 0 Å². The van der Waals surface area contributed by atoms with Crippen LogP contribution in [0.25, 0.3) is 0 Å². The van der Waals surface area contributed by atoms with Gasteiger partial charge in [-0.2, -0.15) is 0 Å². The molecule has 103 valence electrons. The van der Waals surface area contributed by atoms with Gasteiger partial charge < -0.3 is 0 Å². The molecule has 0 bridgehead atoms. The van der Waals surface area contributed by atoms with Crippen LogP contribution in [0.5, 0.6) is 0 Å². The van der Waals surface area contributed by atoms with Crippen molar-refractivity contribution in [3.8, 4) is 0 Å². The Morgan fingerprint density at radius 2 is 1.24 bits per heavy atom. The highest BCUT2D eigenvalue weighted by Crippen LogP contribution is 2.21. The van der Waals surface area contributed by atoms with E-state index in [0.717, 1.165) is 11.7 Å². The summed E-state index contributed by atoms with van der Waals surface area (Å²) in [5.74, 6) is 1.94. The van der Waals surface area contributed by atoms with Gasteiger partial charge in [0.15, 0.2) is 0 Å². The smallest absolute Gasteiger partial charge is 0.00369 e. The summed E-state index contributed by atoms with van der Waals surface area (Å²) < 4.78 is 0. The number of rotatable bonds is 13. The minimum atomic E-state index is 0.953. The van der Waals surface area contributed by atoms with Crippen molar-refractivity contribution in [2.24, 2.45) is 5.92 Å². The lowest BCUT2D eigenvalue weighted by Gasteiger charge is -2.14. The Hall–Kier alpha value is 0.350. The summed E-state index contributed by atoms with van der Waals surface area (Å²) in [4.78, 5) is 0. The second kappa shape index (κ2) is 14.4. The van der Waals surface area contributed by atoms with Crippen molar-refractivity contribution in [3.63, 3.8) is 0 Å². The van der Waals surface area contributed by atoms with Gasteiger partial charge in [0.1, 0.15) is 0 Å². The SMILES string of the molecule is CCCCCCCCC(CC)CCCCC[S]. The molecular weight excluding hydrogens is 224 g/mol. The third-order valence-electron chi connectivity index (χ3n) is 3.80. The minimum absolute atomic E-state index is 0.953. The molecule has 0 fully saturated rings. The van der Waals surface area contributed by atoms with Crippen LogP contribution >= 0.6 is 12.6 Å². The van der Waals surface area contributed by atoms with Gasteiger partial charge in [0.2, 0.25) is 0 Å². The first-order valence-corrected chi connectivity index (χ1v) is 8.50. The first kappa shape index (κ1) is 17.4. The van der Waals surface area contributed by atoms with E-state index < -0.39 is 0 Å². The molecule has 0 aliphatic carbocycles. The minimum Gasteiger partial charge on any atom is -0.0942 e. The fourth-order valence-electron chi connectivity index (χ4n) is 2.48. The molecule has 0 N–H and O–H groups in total. The van der Waals surface area contributed by atoms with Crippen LogP contribution in [0.15, 0.2) is 0 Å². The number of hydrogen-bond donors (Lipinski definition) is 0. The summed E-state index contributed by atoms with van der Waals surface area (Å²) in [5, 5.41) is 0. The Balaban J connectivity index is 3.28. The first-order chi connectivity index (χ1) is 8.35. The molecule has 0 aromatic heterocycles. The van der Waals surface area contributed by atoms with Crippen LogP contribution in [0, 0.1) is 5.92 Å². The zero-order valence-electron chi connectivity index (χ0n) is 12.2. The second-order valence-electron chi connectivity index (χ2n) is 5.38. The van der Waals surface area contributed by atoms with E-state index in [2.05, 4.69) is 13.8 Å². The van der Waals surface area contributed by atoms with Gasteiger partial charge in [0.05, 0.1) is 0 Å². The van der Waals surface area contributed by atoms with Crippen LogP contribution in [0.2, 0.25) is 0 Å². The summed E-state index contributed by atoms with van der Waals surface area (Å²) in [6.07, 6.45) is 16.9. The average molecular weight is 258 g/mol. The normalized spacial score (nSPS) is 12.9. The van der Waals surface area contributed by atoms with Gasteiger partial charge in [-0.1, -0.05) is 97.1 Å². The number of hydrogen-bond acceptors (Lipinski definition) is 0. The summed E-state index contributed by atoms with van der Waals surface area (Å²) in [5.41, 5.74) is 0. The maximum atomic E-state index is 4.98. The van der Waals surface area contributed by atoms with Crippen molar-refractivity contribution in [2.75, 3.05) is 5.75 Å². The third kappa shape index (κ3) is 12.6. The Labute approximate surface area is 115 Å². The van der Waals surface area contributed by atoms with Crippen LogP contribution < -0.4 is 0 Å². The third-order valence-corrected chi connectivity index (χ3v) is 4.09. The van der Waals surface area contributed by atoms with Gasteiger partial charge in [-0.15, -0.1) is 0 Å². The van der Waals surface area contributed by atoms with E-state index in [1.54, 1.807) is 0 Å². The fourth-order valence-corrected chi connectivity index (χ4v) is 2.68. The highest BCUT2D eigenvalue weighted by molar-refractivity contribution is 7.80. The molecule has 1 unspecified atom stereocenters. The summed E-state index contributed by atoms with van der Waals surface area (Å²) in [6, 6.07) is 0. The summed E-state index contributed by atoms with van der Waals surface area (Å²) >= 11 is 4.98. The highest BCUT2D eigenvalue weighted by atomic mass is 32.1. The lowest BCUT2D eigenvalue weighted by Crippen LogP contribution is -1.99. The lowest BCUT2D eigenvalue weighted by atomic mass is 9.92.